The highest BCUT2D eigenvalue weighted by atomic mass is 16.5. The van der Waals surface area contributed by atoms with Crippen molar-refractivity contribution in [2.45, 2.75) is 45.7 Å². The molecule has 2 fully saturated rings. The van der Waals surface area contributed by atoms with E-state index in [9.17, 15) is 9.59 Å². The van der Waals surface area contributed by atoms with Crippen LogP contribution in [0.2, 0.25) is 0 Å². The predicted molar refractivity (Wildman–Crippen MR) is 123 cm³/mol. The van der Waals surface area contributed by atoms with Crippen molar-refractivity contribution in [1.29, 1.82) is 0 Å². The molecule has 8 heteroatoms. The minimum atomic E-state index is -0.159. The van der Waals surface area contributed by atoms with Crippen LogP contribution < -0.4 is 10.9 Å². The molecule has 32 heavy (non-hydrogen) atoms. The number of nitrogens with one attached hydrogen (secondary N) is 2. The summed E-state index contributed by atoms with van der Waals surface area (Å²) >= 11 is 0. The molecule has 8 nitrogen and oxygen atoms in total. The number of nitrogens with zero attached hydrogens (tertiary/aromatic N) is 3. The number of amides is 1. The van der Waals surface area contributed by atoms with Gasteiger partial charge in [0.15, 0.2) is 5.82 Å². The summed E-state index contributed by atoms with van der Waals surface area (Å²) in [6.45, 7) is 6.62. The third kappa shape index (κ3) is 3.90. The van der Waals surface area contributed by atoms with Gasteiger partial charge >= 0.3 is 0 Å². The van der Waals surface area contributed by atoms with Crippen LogP contribution in [-0.2, 0) is 11.3 Å². The zero-order valence-corrected chi connectivity index (χ0v) is 18.6. The van der Waals surface area contributed by atoms with Crippen LogP contribution in [0.1, 0.15) is 42.1 Å². The van der Waals surface area contributed by atoms with E-state index in [2.05, 4.69) is 17.2 Å². The zero-order chi connectivity index (χ0) is 22.2. The standard InChI is InChI=1S/C24H29N5O3/c1-3-18-14-32-11-10-28(18)24(31)19-7-6-17(12-15(19)2)26-22-21-20(8-9-25-23(21)30)29(27-22)13-16-4-5-16/h6-9,12,16,18H,3-5,10-11,13-14H2,1-2H3,(H,25,30)(H,26,27). The number of H-pyrrole nitrogens is 1. The van der Waals surface area contributed by atoms with Crippen LogP contribution in [0.15, 0.2) is 35.3 Å². The normalized spacial score (nSPS) is 18.8. The zero-order valence-electron chi connectivity index (χ0n) is 18.6. The Kier molecular flexibility index (Phi) is 5.46. The topological polar surface area (TPSA) is 92.2 Å². The molecule has 1 aliphatic heterocycles. The number of aromatic amines is 1. The molecule has 1 aliphatic carbocycles. The molecule has 1 saturated carbocycles. The van der Waals surface area contributed by atoms with Crippen LogP contribution in [0, 0.1) is 12.8 Å². The fraction of sp³-hybridized carbons (Fsp3) is 0.458. The van der Waals surface area contributed by atoms with E-state index in [1.807, 2.05) is 40.8 Å². The Bertz CT molecular complexity index is 1210. The second-order valence-corrected chi connectivity index (χ2v) is 8.83. The summed E-state index contributed by atoms with van der Waals surface area (Å²) in [6, 6.07) is 7.69. The first-order valence-corrected chi connectivity index (χ1v) is 11.4. The number of hydrogen-bond donors (Lipinski definition) is 2. The van der Waals surface area contributed by atoms with Crippen LogP contribution in [0.5, 0.6) is 0 Å². The number of morpholine rings is 1. The molecular formula is C24H29N5O3. The number of rotatable bonds is 6. The predicted octanol–water partition coefficient (Wildman–Crippen LogP) is 3.44. The highest BCUT2D eigenvalue weighted by Gasteiger charge is 2.28. The number of pyridine rings is 1. The van der Waals surface area contributed by atoms with Gasteiger partial charge in [-0.1, -0.05) is 6.92 Å². The van der Waals surface area contributed by atoms with Crippen molar-refractivity contribution in [2.24, 2.45) is 5.92 Å². The minimum absolute atomic E-state index is 0.0415. The van der Waals surface area contributed by atoms with Gasteiger partial charge in [0.2, 0.25) is 0 Å². The number of aryl methyl sites for hydroxylation is 1. The first-order chi connectivity index (χ1) is 15.5. The van der Waals surface area contributed by atoms with E-state index in [1.165, 1.54) is 12.8 Å². The highest BCUT2D eigenvalue weighted by Crippen LogP contribution is 2.33. The minimum Gasteiger partial charge on any atom is -0.377 e. The summed E-state index contributed by atoms with van der Waals surface area (Å²) < 4.78 is 7.47. The van der Waals surface area contributed by atoms with Gasteiger partial charge in [-0.15, -0.1) is 0 Å². The van der Waals surface area contributed by atoms with Crippen molar-refractivity contribution in [2.75, 3.05) is 25.1 Å². The van der Waals surface area contributed by atoms with Crippen LogP contribution in [0.3, 0.4) is 0 Å². The summed E-state index contributed by atoms with van der Waals surface area (Å²) in [5.74, 6) is 1.23. The van der Waals surface area contributed by atoms with Crippen LogP contribution in [-0.4, -0.2) is 51.4 Å². The Labute approximate surface area is 186 Å². The van der Waals surface area contributed by atoms with Gasteiger partial charge in [0.05, 0.1) is 24.8 Å². The molecule has 168 valence electrons. The average Bonchev–Trinajstić information content (AvgIpc) is 3.55. The van der Waals surface area contributed by atoms with E-state index in [1.54, 1.807) is 6.20 Å². The molecule has 2 N–H and O–H groups in total. The first-order valence-electron chi connectivity index (χ1n) is 11.4. The summed E-state index contributed by atoms with van der Waals surface area (Å²) in [6.07, 6.45) is 4.96. The highest BCUT2D eigenvalue weighted by molar-refractivity contribution is 5.97. The number of benzene rings is 1. The maximum absolute atomic E-state index is 13.2. The Morgan fingerprint density at radius 2 is 2.16 bits per heavy atom. The second kappa shape index (κ2) is 8.43. The van der Waals surface area contributed by atoms with Gasteiger partial charge in [0.1, 0.15) is 5.39 Å². The Hall–Kier alpha value is -3.13. The number of hydrogen-bond acceptors (Lipinski definition) is 5. The van der Waals surface area contributed by atoms with Gasteiger partial charge in [-0.3, -0.25) is 14.3 Å². The number of anilines is 2. The lowest BCUT2D eigenvalue weighted by Crippen LogP contribution is -2.48. The number of aromatic nitrogens is 3. The fourth-order valence-corrected chi connectivity index (χ4v) is 4.44. The lowest BCUT2D eigenvalue weighted by atomic mass is 10.0. The number of ether oxygens (including phenoxy) is 1. The summed E-state index contributed by atoms with van der Waals surface area (Å²) in [5, 5.41) is 8.58. The van der Waals surface area contributed by atoms with E-state index >= 15 is 0 Å². The quantitative estimate of drug-likeness (QED) is 0.619. The lowest BCUT2D eigenvalue weighted by Gasteiger charge is -2.35. The molecule has 3 aromatic rings. The van der Waals surface area contributed by atoms with E-state index < -0.39 is 0 Å². The third-order valence-corrected chi connectivity index (χ3v) is 6.48. The number of carbonyl (C=O) groups excluding carboxylic acids is 1. The molecule has 1 saturated heterocycles. The van der Waals surface area contributed by atoms with Gasteiger partial charge in [-0.05, 0) is 61.9 Å². The van der Waals surface area contributed by atoms with Crippen LogP contribution >= 0.6 is 0 Å². The van der Waals surface area contributed by atoms with E-state index in [-0.39, 0.29) is 17.5 Å². The van der Waals surface area contributed by atoms with E-state index in [4.69, 9.17) is 9.84 Å². The Balaban J connectivity index is 1.42. The SMILES string of the molecule is CCC1COCCN1C(=O)c1ccc(Nc2nn(CC3CC3)c3cc[nH]c(=O)c23)cc1C. The molecule has 2 aromatic heterocycles. The molecule has 5 rings (SSSR count). The third-order valence-electron chi connectivity index (χ3n) is 6.48. The average molecular weight is 436 g/mol. The maximum Gasteiger partial charge on any atom is 0.261 e. The van der Waals surface area contributed by atoms with Gasteiger partial charge in [-0.25, -0.2) is 0 Å². The monoisotopic (exact) mass is 435 g/mol. The van der Waals surface area contributed by atoms with Crippen molar-refractivity contribution in [3.63, 3.8) is 0 Å². The molecule has 1 atom stereocenters. The molecule has 0 radical (unpaired) electrons. The van der Waals surface area contributed by atoms with Crippen molar-refractivity contribution >= 4 is 28.3 Å². The lowest BCUT2D eigenvalue weighted by molar-refractivity contribution is -0.00283. The smallest absolute Gasteiger partial charge is 0.261 e. The molecule has 1 unspecified atom stereocenters. The molecule has 2 aliphatic rings. The maximum atomic E-state index is 13.2. The van der Waals surface area contributed by atoms with Crippen molar-refractivity contribution in [1.82, 2.24) is 19.7 Å². The van der Waals surface area contributed by atoms with Crippen LogP contribution in [0.25, 0.3) is 10.9 Å². The van der Waals surface area contributed by atoms with Gasteiger partial charge in [0, 0.05) is 30.5 Å². The summed E-state index contributed by atoms with van der Waals surface area (Å²) in [7, 11) is 0. The van der Waals surface area contributed by atoms with Crippen LogP contribution in [0.4, 0.5) is 11.5 Å². The first kappa shape index (κ1) is 20.8. The summed E-state index contributed by atoms with van der Waals surface area (Å²) in [5.41, 5.74) is 3.06. The number of fused-ring (bicyclic) bond motifs is 1. The van der Waals surface area contributed by atoms with E-state index in [0.29, 0.717) is 42.4 Å². The Morgan fingerprint density at radius 3 is 2.91 bits per heavy atom. The Morgan fingerprint density at radius 1 is 1.31 bits per heavy atom. The molecule has 0 bridgehead atoms. The van der Waals surface area contributed by atoms with Crippen molar-refractivity contribution in [3.05, 3.63) is 51.9 Å². The van der Waals surface area contributed by atoms with Gasteiger partial charge in [-0.2, -0.15) is 5.10 Å². The molecule has 1 amide bonds. The number of carbonyl (C=O) groups is 1. The van der Waals surface area contributed by atoms with Crippen molar-refractivity contribution < 1.29 is 9.53 Å². The second-order valence-electron chi connectivity index (χ2n) is 8.83. The molecular weight excluding hydrogens is 406 g/mol. The molecule has 3 heterocycles. The van der Waals surface area contributed by atoms with Crippen molar-refractivity contribution in [3.8, 4) is 0 Å². The van der Waals surface area contributed by atoms with Gasteiger partial charge in [0.25, 0.3) is 11.5 Å². The largest absolute Gasteiger partial charge is 0.377 e. The fourth-order valence-electron chi connectivity index (χ4n) is 4.44. The molecule has 1 aromatic carbocycles. The molecule has 0 spiro atoms. The van der Waals surface area contributed by atoms with E-state index in [0.717, 1.165) is 29.7 Å². The summed E-state index contributed by atoms with van der Waals surface area (Å²) in [4.78, 5) is 30.4. The van der Waals surface area contributed by atoms with Gasteiger partial charge < -0.3 is 19.9 Å².